The van der Waals surface area contributed by atoms with Crippen molar-refractivity contribution >= 4 is 17.6 Å². The van der Waals surface area contributed by atoms with Crippen LogP contribution in [0.15, 0.2) is 24.3 Å². The molecule has 1 fully saturated rings. The third-order valence-electron chi connectivity index (χ3n) is 2.63. The molecule has 2 rings (SSSR count). The van der Waals surface area contributed by atoms with Crippen LogP contribution in [0.25, 0.3) is 0 Å². The summed E-state index contributed by atoms with van der Waals surface area (Å²) in [5, 5.41) is 10.4. The van der Waals surface area contributed by atoms with Gasteiger partial charge in [0.15, 0.2) is 0 Å². The summed E-state index contributed by atoms with van der Waals surface area (Å²) >= 11 is 0. The van der Waals surface area contributed by atoms with Crippen LogP contribution in [0.4, 0.5) is 5.69 Å². The number of carboxylic acid groups (broad SMARTS) is 1. The van der Waals surface area contributed by atoms with Gasteiger partial charge in [0.1, 0.15) is 0 Å². The monoisotopic (exact) mass is 234 g/mol. The molecule has 1 aliphatic rings. The number of nitrogens with one attached hydrogen (secondary N) is 1. The van der Waals surface area contributed by atoms with Crippen LogP contribution in [0.5, 0.6) is 0 Å². The largest absolute Gasteiger partial charge is 0.478 e. The lowest BCUT2D eigenvalue weighted by atomic mass is 10.0. The molecule has 0 unspecified atom stereocenters. The quantitative estimate of drug-likeness (QED) is 0.811. The molecule has 17 heavy (non-hydrogen) atoms. The van der Waals surface area contributed by atoms with E-state index in [2.05, 4.69) is 5.43 Å². The van der Waals surface area contributed by atoms with Gasteiger partial charge in [0.05, 0.1) is 11.3 Å². The van der Waals surface area contributed by atoms with Crippen molar-refractivity contribution < 1.29 is 14.7 Å². The Labute approximate surface area is 99.0 Å². The van der Waals surface area contributed by atoms with Crippen LogP contribution >= 0.6 is 0 Å². The first kappa shape index (κ1) is 11.6. The van der Waals surface area contributed by atoms with Crippen LogP contribution in [-0.4, -0.2) is 22.5 Å². The number of amides is 1. The van der Waals surface area contributed by atoms with Crippen LogP contribution in [0.1, 0.15) is 30.6 Å². The number of rotatable bonds is 2. The number of hydrogen-bond donors (Lipinski definition) is 2. The fourth-order valence-corrected chi connectivity index (χ4v) is 1.91. The van der Waals surface area contributed by atoms with Gasteiger partial charge in [-0.3, -0.25) is 4.79 Å². The van der Waals surface area contributed by atoms with E-state index in [0.29, 0.717) is 12.1 Å². The SMILES string of the molecule is CC1(C)CC(=O)N(c2ccccc2C(=O)O)N1. The van der Waals surface area contributed by atoms with Gasteiger partial charge in [-0.25, -0.2) is 15.2 Å². The molecule has 90 valence electrons. The zero-order valence-corrected chi connectivity index (χ0v) is 9.73. The topological polar surface area (TPSA) is 69.6 Å². The van der Waals surface area contributed by atoms with Crippen molar-refractivity contribution in [1.29, 1.82) is 0 Å². The molecule has 1 aromatic rings. The maximum absolute atomic E-state index is 11.8. The Morgan fingerprint density at radius 2 is 2.06 bits per heavy atom. The number of carbonyl (C=O) groups excluding carboxylic acids is 1. The molecule has 0 atom stereocenters. The van der Waals surface area contributed by atoms with Crippen LogP contribution in [0.2, 0.25) is 0 Å². The molecule has 0 radical (unpaired) electrons. The van der Waals surface area contributed by atoms with Crippen LogP contribution in [0, 0.1) is 0 Å². The lowest BCUT2D eigenvalue weighted by Gasteiger charge is -2.22. The van der Waals surface area contributed by atoms with Crippen LogP contribution in [-0.2, 0) is 4.79 Å². The second-order valence-electron chi connectivity index (χ2n) is 4.72. The van der Waals surface area contributed by atoms with Crippen molar-refractivity contribution in [2.45, 2.75) is 25.8 Å². The molecule has 2 N–H and O–H groups in total. The third-order valence-corrected chi connectivity index (χ3v) is 2.63. The molecule has 1 amide bonds. The maximum atomic E-state index is 11.8. The molecule has 1 aromatic carbocycles. The summed E-state index contributed by atoms with van der Waals surface area (Å²) in [6.45, 7) is 3.79. The van der Waals surface area contributed by atoms with Gasteiger partial charge in [-0.2, -0.15) is 0 Å². The Balaban J connectivity index is 2.42. The summed E-state index contributed by atoms with van der Waals surface area (Å²) in [6, 6.07) is 6.45. The molecule has 5 heteroatoms. The Morgan fingerprint density at radius 1 is 1.41 bits per heavy atom. The molecule has 0 aliphatic carbocycles. The molecule has 0 spiro atoms. The zero-order valence-electron chi connectivity index (χ0n) is 9.73. The normalized spacial score (nSPS) is 18.5. The molecule has 1 aliphatic heterocycles. The minimum absolute atomic E-state index is 0.117. The fourth-order valence-electron chi connectivity index (χ4n) is 1.91. The van der Waals surface area contributed by atoms with Gasteiger partial charge < -0.3 is 5.11 Å². The van der Waals surface area contributed by atoms with Gasteiger partial charge in [0.2, 0.25) is 5.91 Å². The molecule has 0 aromatic heterocycles. The smallest absolute Gasteiger partial charge is 0.337 e. The van der Waals surface area contributed by atoms with Crippen molar-refractivity contribution in [2.24, 2.45) is 0 Å². The first-order valence-electron chi connectivity index (χ1n) is 5.34. The number of carbonyl (C=O) groups is 2. The summed E-state index contributed by atoms with van der Waals surface area (Å²) in [6.07, 6.45) is 0.348. The summed E-state index contributed by atoms with van der Waals surface area (Å²) in [7, 11) is 0. The van der Waals surface area contributed by atoms with E-state index in [4.69, 9.17) is 5.11 Å². The lowest BCUT2D eigenvalue weighted by molar-refractivity contribution is -0.117. The zero-order chi connectivity index (χ0) is 12.6. The van der Waals surface area contributed by atoms with Crippen LogP contribution < -0.4 is 10.4 Å². The number of hydrazine groups is 1. The van der Waals surface area contributed by atoms with E-state index in [9.17, 15) is 9.59 Å². The highest BCUT2D eigenvalue weighted by molar-refractivity contribution is 6.02. The number of benzene rings is 1. The highest BCUT2D eigenvalue weighted by Gasteiger charge is 2.37. The van der Waals surface area contributed by atoms with Crippen molar-refractivity contribution in [2.75, 3.05) is 5.01 Å². The number of aromatic carboxylic acids is 1. The average molecular weight is 234 g/mol. The molecule has 0 bridgehead atoms. The highest BCUT2D eigenvalue weighted by Crippen LogP contribution is 2.27. The average Bonchev–Trinajstić information content (AvgIpc) is 2.52. The summed E-state index contributed by atoms with van der Waals surface area (Å²) < 4.78 is 0. The van der Waals surface area contributed by atoms with E-state index in [1.165, 1.54) is 11.1 Å². The molecular formula is C12H14N2O3. The van der Waals surface area contributed by atoms with E-state index in [0.717, 1.165) is 0 Å². The summed E-state index contributed by atoms with van der Waals surface area (Å²) in [4.78, 5) is 22.9. The van der Waals surface area contributed by atoms with E-state index >= 15 is 0 Å². The predicted molar refractivity (Wildman–Crippen MR) is 62.7 cm³/mol. The first-order valence-corrected chi connectivity index (χ1v) is 5.34. The van der Waals surface area contributed by atoms with Crippen molar-refractivity contribution in [3.8, 4) is 0 Å². The molecule has 5 nitrogen and oxygen atoms in total. The van der Waals surface area contributed by atoms with E-state index in [1.54, 1.807) is 18.2 Å². The number of anilines is 1. The van der Waals surface area contributed by atoms with Gasteiger partial charge in [0.25, 0.3) is 0 Å². The van der Waals surface area contributed by atoms with Gasteiger partial charge in [0, 0.05) is 12.0 Å². The standard InChI is InChI=1S/C12H14N2O3/c1-12(2)7-10(15)14(13-12)9-6-4-3-5-8(9)11(16)17/h3-6,13H,7H2,1-2H3,(H,16,17). The third kappa shape index (κ3) is 2.14. The number of carboxylic acids is 1. The van der Waals surface area contributed by atoms with E-state index < -0.39 is 5.97 Å². The van der Waals surface area contributed by atoms with Gasteiger partial charge in [-0.05, 0) is 26.0 Å². The fraction of sp³-hybridized carbons (Fsp3) is 0.333. The van der Waals surface area contributed by atoms with Gasteiger partial charge >= 0.3 is 5.97 Å². The van der Waals surface area contributed by atoms with Crippen molar-refractivity contribution in [1.82, 2.24) is 5.43 Å². The first-order chi connectivity index (χ1) is 7.91. The highest BCUT2D eigenvalue weighted by atomic mass is 16.4. The second-order valence-corrected chi connectivity index (χ2v) is 4.72. The predicted octanol–water partition coefficient (Wildman–Crippen LogP) is 1.40. The van der Waals surface area contributed by atoms with E-state index in [1.807, 2.05) is 13.8 Å². The number of para-hydroxylation sites is 1. The molecule has 1 saturated heterocycles. The molecule has 0 saturated carbocycles. The van der Waals surface area contributed by atoms with Crippen molar-refractivity contribution in [3.63, 3.8) is 0 Å². The summed E-state index contributed by atoms with van der Waals surface area (Å²) in [5.74, 6) is -1.16. The van der Waals surface area contributed by atoms with E-state index in [-0.39, 0.29) is 17.0 Å². The number of hydrogen-bond acceptors (Lipinski definition) is 3. The van der Waals surface area contributed by atoms with Crippen molar-refractivity contribution in [3.05, 3.63) is 29.8 Å². The van der Waals surface area contributed by atoms with Crippen LogP contribution in [0.3, 0.4) is 0 Å². The summed E-state index contributed by atoms with van der Waals surface area (Å²) in [5.41, 5.74) is 3.17. The maximum Gasteiger partial charge on any atom is 0.337 e. The minimum Gasteiger partial charge on any atom is -0.478 e. The molecule has 1 heterocycles. The van der Waals surface area contributed by atoms with Gasteiger partial charge in [-0.1, -0.05) is 12.1 Å². The lowest BCUT2D eigenvalue weighted by Crippen LogP contribution is -2.43. The Morgan fingerprint density at radius 3 is 2.59 bits per heavy atom. The second kappa shape index (κ2) is 3.85. The Hall–Kier alpha value is -1.88. The molecular weight excluding hydrogens is 220 g/mol. The minimum atomic E-state index is -1.04. The Bertz CT molecular complexity index is 482. The number of nitrogens with zero attached hydrogens (tertiary/aromatic N) is 1. The Kier molecular flexibility index (Phi) is 2.63. The van der Waals surface area contributed by atoms with Gasteiger partial charge in [-0.15, -0.1) is 0 Å².